The first-order valence-corrected chi connectivity index (χ1v) is 14.0. The number of halogens is 4. The number of carbonyl (C=O) groups excluding carboxylic acids is 1. The van der Waals surface area contributed by atoms with Crippen LogP contribution in [-0.4, -0.2) is 67.0 Å². The zero-order chi connectivity index (χ0) is 26.6. The molecule has 1 heterocycles. The van der Waals surface area contributed by atoms with Gasteiger partial charge in [-0.05, 0) is 49.7 Å². The lowest BCUT2D eigenvalue weighted by Gasteiger charge is -2.26. The van der Waals surface area contributed by atoms with E-state index in [0.29, 0.717) is 18.7 Å². The summed E-state index contributed by atoms with van der Waals surface area (Å²) in [6, 6.07) is 8.08. The third-order valence-electron chi connectivity index (χ3n) is 5.62. The fraction of sp³-hybridized carbons (Fsp3) is 0.409. The maximum absolute atomic E-state index is 13.6. The molecule has 3 rings (SSSR count). The highest BCUT2D eigenvalue weighted by Gasteiger charge is 2.38. The van der Waals surface area contributed by atoms with Gasteiger partial charge in [-0.25, -0.2) is 26.4 Å². The van der Waals surface area contributed by atoms with Crippen molar-refractivity contribution in [3.05, 3.63) is 54.1 Å². The molecule has 1 fully saturated rings. The Kier molecular flexibility index (Phi) is 10.4. The first-order valence-electron chi connectivity index (χ1n) is 11.1. The summed E-state index contributed by atoms with van der Waals surface area (Å²) in [6.45, 7) is 0.948. The van der Waals surface area contributed by atoms with Gasteiger partial charge in [-0.2, -0.15) is 13.2 Å². The summed E-state index contributed by atoms with van der Waals surface area (Å²) in [5.41, 5.74) is -1.50. The van der Waals surface area contributed by atoms with Gasteiger partial charge in [0.15, 0.2) is 0 Å². The third-order valence-corrected chi connectivity index (χ3v) is 8.89. The Balaban J connectivity index is 0.00000481. The van der Waals surface area contributed by atoms with Crippen LogP contribution in [0.25, 0.3) is 0 Å². The lowest BCUT2D eigenvalue weighted by Crippen LogP contribution is -2.50. The number of piperidine rings is 1. The van der Waals surface area contributed by atoms with Crippen LogP contribution in [0.5, 0.6) is 0 Å². The summed E-state index contributed by atoms with van der Waals surface area (Å²) in [7, 11) is -7.63. The molecule has 0 radical (unpaired) electrons. The molecule has 37 heavy (non-hydrogen) atoms. The minimum Gasteiger partial charge on any atom is -0.334 e. The molecular formula is C22H28ClF3N4O5S2. The molecule has 1 aliphatic rings. The molecule has 0 bridgehead atoms. The van der Waals surface area contributed by atoms with Crippen molar-refractivity contribution >= 4 is 38.3 Å². The van der Waals surface area contributed by atoms with Crippen LogP contribution in [0.2, 0.25) is 0 Å². The van der Waals surface area contributed by atoms with Crippen molar-refractivity contribution in [1.29, 1.82) is 0 Å². The molecule has 0 unspecified atom stereocenters. The predicted octanol–water partition coefficient (Wildman–Crippen LogP) is 2.63. The number of hydrogen-bond acceptors (Lipinski definition) is 6. The van der Waals surface area contributed by atoms with E-state index in [4.69, 9.17) is 0 Å². The fourth-order valence-corrected chi connectivity index (χ4v) is 6.30. The van der Waals surface area contributed by atoms with Gasteiger partial charge in [0.25, 0.3) is 0 Å². The molecule has 0 spiro atoms. The molecule has 1 atom stereocenters. The lowest BCUT2D eigenvalue weighted by molar-refractivity contribution is -0.139. The smallest absolute Gasteiger partial charge is 0.334 e. The number of urea groups is 1. The van der Waals surface area contributed by atoms with Crippen LogP contribution in [0.15, 0.2) is 63.2 Å². The van der Waals surface area contributed by atoms with Crippen LogP contribution in [-0.2, 0) is 26.0 Å². The molecule has 3 N–H and O–H groups in total. The van der Waals surface area contributed by atoms with Crippen molar-refractivity contribution < 1.29 is 34.8 Å². The molecule has 0 aliphatic carbocycles. The van der Waals surface area contributed by atoms with Gasteiger partial charge in [0.05, 0.1) is 20.2 Å². The van der Waals surface area contributed by atoms with Gasteiger partial charge < -0.3 is 15.5 Å². The van der Waals surface area contributed by atoms with Crippen LogP contribution in [0.3, 0.4) is 0 Å². The molecule has 1 aliphatic heterocycles. The zero-order valence-electron chi connectivity index (χ0n) is 19.8. The average Bonchev–Trinajstić information content (AvgIpc) is 2.84. The molecule has 0 aromatic heterocycles. The highest BCUT2D eigenvalue weighted by atomic mass is 35.5. The Morgan fingerprint density at radius 1 is 1.08 bits per heavy atom. The van der Waals surface area contributed by atoms with Crippen molar-refractivity contribution in [2.75, 3.05) is 33.2 Å². The second-order valence-electron chi connectivity index (χ2n) is 8.28. The Morgan fingerprint density at radius 3 is 2.35 bits per heavy atom. The van der Waals surface area contributed by atoms with E-state index < -0.39 is 47.4 Å². The quantitative estimate of drug-likeness (QED) is 0.438. The first-order chi connectivity index (χ1) is 16.8. The topological polar surface area (TPSA) is 125 Å². The van der Waals surface area contributed by atoms with Crippen LogP contribution >= 0.6 is 12.4 Å². The van der Waals surface area contributed by atoms with E-state index in [1.54, 1.807) is 6.07 Å². The largest absolute Gasteiger partial charge is 0.417 e. The molecule has 15 heteroatoms. The van der Waals surface area contributed by atoms with E-state index in [1.165, 1.54) is 36.2 Å². The van der Waals surface area contributed by atoms with E-state index in [1.807, 2.05) is 4.72 Å². The van der Waals surface area contributed by atoms with Gasteiger partial charge in [-0.3, -0.25) is 0 Å². The number of rotatable bonds is 8. The number of benzene rings is 2. The standard InChI is InChI=1S/C22H27F3N4O5S2.ClH/c1-29(21(30)28-16-6-5-11-26-15-16)13-12-27-36(33,34)20-14-18(9-10-19(20)22(23,24)25)35(31,32)17-7-3-2-4-8-17;/h2-4,7-10,14,16,26-27H,5-6,11-13,15H2,1H3,(H,28,30);1H/t16-;/m1./s1. The van der Waals surface area contributed by atoms with Crippen LogP contribution < -0.4 is 15.4 Å². The van der Waals surface area contributed by atoms with Gasteiger partial charge in [0.1, 0.15) is 0 Å². The number of sulfone groups is 1. The highest BCUT2D eigenvalue weighted by molar-refractivity contribution is 7.91. The predicted molar refractivity (Wildman–Crippen MR) is 133 cm³/mol. The number of likely N-dealkylation sites (N-methyl/N-ethyl adjacent to an activating group) is 1. The molecular weight excluding hydrogens is 557 g/mol. The molecule has 1 saturated heterocycles. The summed E-state index contributed by atoms with van der Waals surface area (Å²) in [5.74, 6) is 0. The molecule has 0 saturated carbocycles. The average molecular weight is 585 g/mol. The molecule has 2 aromatic carbocycles. The van der Waals surface area contributed by atoms with E-state index in [0.717, 1.165) is 25.5 Å². The number of hydrogen-bond donors (Lipinski definition) is 3. The Hall–Kier alpha value is -2.39. The van der Waals surface area contributed by atoms with Gasteiger partial charge >= 0.3 is 12.2 Å². The number of sulfonamides is 1. The van der Waals surface area contributed by atoms with Crippen molar-refractivity contribution in [2.24, 2.45) is 0 Å². The third kappa shape index (κ3) is 7.80. The van der Waals surface area contributed by atoms with Gasteiger partial charge in [-0.1, -0.05) is 18.2 Å². The number of carbonyl (C=O) groups is 1. The van der Waals surface area contributed by atoms with Crippen molar-refractivity contribution in [3.63, 3.8) is 0 Å². The van der Waals surface area contributed by atoms with E-state index >= 15 is 0 Å². The van der Waals surface area contributed by atoms with E-state index in [2.05, 4.69) is 10.6 Å². The second-order valence-corrected chi connectivity index (χ2v) is 12.0. The van der Waals surface area contributed by atoms with E-state index in [9.17, 15) is 34.8 Å². The lowest BCUT2D eigenvalue weighted by atomic mass is 10.1. The number of amides is 2. The molecule has 2 aromatic rings. The van der Waals surface area contributed by atoms with Crippen molar-refractivity contribution in [2.45, 2.75) is 39.7 Å². The van der Waals surface area contributed by atoms with Gasteiger partial charge in [0, 0.05) is 32.7 Å². The first kappa shape index (κ1) is 30.8. The molecule has 206 valence electrons. The summed E-state index contributed by atoms with van der Waals surface area (Å²) in [4.78, 5) is 11.5. The number of alkyl halides is 3. The van der Waals surface area contributed by atoms with Crippen LogP contribution in [0.1, 0.15) is 18.4 Å². The molecule has 2 amide bonds. The van der Waals surface area contributed by atoms with Crippen molar-refractivity contribution in [3.8, 4) is 0 Å². The second kappa shape index (κ2) is 12.4. The highest BCUT2D eigenvalue weighted by Crippen LogP contribution is 2.36. The Morgan fingerprint density at radius 2 is 1.76 bits per heavy atom. The van der Waals surface area contributed by atoms with Crippen molar-refractivity contribution in [1.82, 2.24) is 20.3 Å². The number of nitrogens with zero attached hydrogens (tertiary/aromatic N) is 1. The maximum atomic E-state index is 13.6. The maximum Gasteiger partial charge on any atom is 0.417 e. The fourth-order valence-electron chi connectivity index (χ4n) is 3.65. The summed E-state index contributed by atoms with van der Waals surface area (Å²) < 4.78 is 94.3. The van der Waals surface area contributed by atoms with Gasteiger partial charge in [0.2, 0.25) is 19.9 Å². The minimum absolute atomic E-state index is 0. The summed E-state index contributed by atoms with van der Waals surface area (Å²) in [6.07, 6.45) is -3.36. The SMILES string of the molecule is CN(CCNS(=O)(=O)c1cc(S(=O)(=O)c2ccccc2)ccc1C(F)(F)F)C(=O)N[C@@H]1CCCNC1.Cl. The normalized spacial score (nSPS) is 16.5. The monoisotopic (exact) mass is 584 g/mol. The van der Waals surface area contributed by atoms with E-state index in [-0.39, 0.29) is 36.4 Å². The minimum atomic E-state index is -5.05. The summed E-state index contributed by atoms with van der Waals surface area (Å²) in [5, 5.41) is 5.94. The number of nitrogens with one attached hydrogen (secondary N) is 3. The zero-order valence-corrected chi connectivity index (χ0v) is 22.2. The Labute approximate surface area is 220 Å². The Bertz CT molecular complexity index is 1290. The van der Waals surface area contributed by atoms with Gasteiger partial charge in [-0.15, -0.1) is 12.4 Å². The summed E-state index contributed by atoms with van der Waals surface area (Å²) >= 11 is 0. The van der Waals surface area contributed by atoms with Crippen LogP contribution in [0, 0.1) is 0 Å². The molecule has 9 nitrogen and oxygen atoms in total. The van der Waals surface area contributed by atoms with Crippen LogP contribution in [0.4, 0.5) is 18.0 Å².